The van der Waals surface area contributed by atoms with Gasteiger partial charge in [0, 0.05) is 27.6 Å². The molecular formula is C11H7Cl2NO2. The van der Waals surface area contributed by atoms with Crippen molar-refractivity contribution in [3.05, 3.63) is 40.0 Å². The predicted octanol–water partition coefficient (Wildman–Crippen LogP) is 3.57. The van der Waals surface area contributed by atoms with Crippen LogP contribution in [0.25, 0.3) is 17.0 Å². The molecule has 0 radical (unpaired) electrons. The molecule has 2 rings (SSSR count). The summed E-state index contributed by atoms with van der Waals surface area (Å²) in [6.45, 7) is 0. The number of halogens is 2. The predicted molar refractivity (Wildman–Crippen MR) is 65.0 cm³/mol. The largest absolute Gasteiger partial charge is 0.478 e. The SMILES string of the molecule is O=C(O)/C=C/c1c(Cl)[nH]c2cc(Cl)ccc12. The summed E-state index contributed by atoms with van der Waals surface area (Å²) < 4.78 is 0. The van der Waals surface area contributed by atoms with E-state index in [0.717, 1.165) is 17.0 Å². The van der Waals surface area contributed by atoms with Crippen molar-refractivity contribution in [3.8, 4) is 0 Å². The van der Waals surface area contributed by atoms with Gasteiger partial charge in [-0.05, 0) is 18.2 Å². The first-order valence-corrected chi connectivity index (χ1v) is 5.21. The summed E-state index contributed by atoms with van der Waals surface area (Å²) in [5.41, 5.74) is 1.43. The summed E-state index contributed by atoms with van der Waals surface area (Å²) in [5.74, 6) is -1.01. The minimum Gasteiger partial charge on any atom is -0.478 e. The standard InChI is InChI=1S/C11H7Cl2NO2/c12-6-1-2-7-8(3-4-10(15)16)11(13)14-9(7)5-6/h1-5,14H,(H,15,16)/b4-3+. The summed E-state index contributed by atoms with van der Waals surface area (Å²) in [6, 6.07) is 5.26. The number of carboxylic acid groups (broad SMARTS) is 1. The van der Waals surface area contributed by atoms with Crippen LogP contribution in [0.2, 0.25) is 10.2 Å². The average molecular weight is 256 g/mol. The number of hydrogen-bond donors (Lipinski definition) is 2. The summed E-state index contributed by atoms with van der Waals surface area (Å²) >= 11 is 11.8. The van der Waals surface area contributed by atoms with E-state index in [2.05, 4.69) is 4.98 Å². The third kappa shape index (κ3) is 2.05. The fourth-order valence-electron chi connectivity index (χ4n) is 1.48. The molecule has 5 heteroatoms. The summed E-state index contributed by atoms with van der Waals surface area (Å²) in [7, 11) is 0. The van der Waals surface area contributed by atoms with Gasteiger partial charge in [0.15, 0.2) is 0 Å². The lowest BCUT2D eigenvalue weighted by atomic mass is 10.1. The maximum absolute atomic E-state index is 10.4. The minimum atomic E-state index is -1.01. The first-order valence-electron chi connectivity index (χ1n) is 4.45. The fraction of sp³-hybridized carbons (Fsp3) is 0. The number of benzene rings is 1. The molecule has 1 aromatic heterocycles. The van der Waals surface area contributed by atoms with Crippen molar-refractivity contribution < 1.29 is 9.90 Å². The zero-order valence-corrected chi connectivity index (χ0v) is 9.51. The van der Waals surface area contributed by atoms with Gasteiger partial charge in [0.2, 0.25) is 0 Å². The van der Waals surface area contributed by atoms with Gasteiger partial charge < -0.3 is 10.1 Å². The van der Waals surface area contributed by atoms with Crippen LogP contribution in [0.4, 0.5) is 0 Å². The Labute approximate surface area is 101 Å². The lowest BCUT2D eigenvalue weighted by Gasteiger charge is -1.92. The number of rotatable bonds is 2. The molecule has 3 nitrogen and oxygen atoms in total. The third-order valence-electron chi connectivity index (χ3n) is 2.15. The number of aromatic nitrogens is 1. The highest BCUT2D eigenvalue weighted by atomic mass is 35.5. The Hall–Kier alpha value is -1.45. The summed E-state index contributed by atoms with van der Waals surface area (Å²) in [5, 5.41) is 10.4. The van der Waals surface area contributed by atoms with Crippen molar-refractivity contribution in [1.82, 2.24) is 4.98 Å². The van der Waals surface area contributed by atoms with Crippen molar-refractivity contribution in [3.63, 3.8) is 0 Å². The Balaban J connectivity index is 2.60. The van der Waals surface area contributed by atoms with Crippen molar-refractivity contribution in [1.29, 1.82) is 0 Å². The third-order valence-corrected chi connectivity index (χ3v) is 2.68. The molecule has 0 bridgehead atoms. The molecule has 0 aliphatic carbocycles. The zero-order valence-electron chi connectivity index (χ0n) is 8.00. The first kappa shape index (κ1) is 11.0. The van der Waals surface area contributed by atoms with Crippen molar-refractivity contribution in [2.24, 2.45) is 0 Å². The van der Waals surface area contributed by atoms with Gasteiger partial charge in [0.05, 0.1) is 0 Å². The van der Waals surface area contributed by atoms with E-state index in [1.54, 1.807) is 18.2 Å². The summed E-state index contributed by atoms with van der Waals surface area (Å²) in [6.07, 6.45) is 2.50. The highest BCUT2D eigenvalue weighted by Gasteiger charge is 2.07. The molecule has 0 spiro atoms. The number of aliphatic carboxylic acids is 1. The van der Waals surface area contributed by atoms with Gasteiger partial charge in [-0.3, -0.25) is 0 Å². The van der Waals surface area contributed by atoms with Crippen LogP contribution in [0.3, 0.4) is 0 Å². The molecule has 0 saturated carbocycles. The van der Waals surface area contributed by atoms with Crippen LogP contribution in [-0.2, 0) is 4.79 Å². The average Bonchev–Trinajstić information content (AvgIpc) is 2.50. The van der Waals surface area contributed by atoms with Crippen molar-refractivity contribution in [2.45, 2.75) is 0 Å². The number of aromatic amines is 1. The molecule has 0 saturated heterocycles. The maximum atomic E-state index is 10.4. The van der Waals surface area contributed by atoms with E-state index in [-0.39, 0.29) is 0 Å². The van der Waals surface area contributed by atoms with Crippen LogP contribution < -0.4 is 0 Å². The molecule has 0 fully saturated rings. The Morgan fingerprint density at radius 2 is 2.12 bits per heavy atom. The van der Waals surface area contributed by atoms with Gasteiger partial charge in [-0.15, -0.1) is 0 Å². The number of nitrogens with one attached hydrogen (secondary N) is 1. The van der Waals surface area contributed by atoms with Crippen molar-refractivity contribution in [2.75, 3.05) is 0 Å². The smallest absolute Gasteiger partial charge is 0.328 e. The van der Waals surface area contributed by atoms with Gasteiger partial charge in [-0.2, -0.15) is 0 Å². The zero-order chi connectivity index (χ0) is 11.7. The Kier molecular flexibility index (Phi) is 2.90. The normalized spacial score (nSPS) is 11.4. The van der Waals surface area contributed by atoms with E-state index in [1.807, 2.05) is 0 Å². The van der Waals surface area contributed by atoms with Gasteiger partial charge in [-0.25, -0.2) is 4.79 Å². The first-order chi connectivity index (χ1) is 7.58. The molecule has 2 aromatic rings. The van der Waals surface area contributed by atoms with Gasteiger partial charge in [0.1, 0.15) is 5.15 Å². The summed E-state index contributed by atoms with van der Waals surface area (Å²) in [4.78, 5) is 13.4. The molecule has 0 aliphatic heterocycles. The second-order valence-corrected chi connectivity index (χ2v) is 4.03. The number of hydrogen-bond acceptors (Lipinski definition) is 1. The van der Waals surface area contributed by atoms with Crippen LogP contribution in [-0.4, -0.2) is 16.1 Å². The molecule has 0 aliphatic rings. The van der Waals surface area contributed by atoms with Crippen LogP contribution in [0.1, 0.15) is 5.56 Å². The van der Waals surface area contributed by atoms with E-state index in [4.69, 9.17) is 28.3 Å². The number of carbonyl (C=O) groups is 1. The molecule has 0 amide bonds. The molecule has 1 aromatic carbocycles. The van der Waals surface area contributed by atoms with Crippen molar-refractivity contribution >= 4 is 46.2 Å². The van der Waals surface area contributed by atoms with Gasteiger partial charge >= 0.3 is 5.97 Å². The second kappa shape index (κ2) is 4.20. The highest BCUT2D eigenvalue weighted by Crippen LogP contribution is 2.29. The lowest BCUT2D eigenvalue weighted by molar-refractivity contribution is -0.131. The van der Waals surface area contributed by atoms with Crippen LogP contribution in [0.5, 0.6) is 0 Å². The van der Waals surface area contributed by atoms with Gasteiger partial charge in [0.25, 0.3) is 0 Å². The Bertz CT molecular complexity index is 587. The van der Waals surface area contributed by atoms with E-state index < -0.39 is 5.97 Å². The number of fused-ring (bicyclic) bond motifs is 1. The quantitative estimate of drug-likeness (QED) is 0.807. The topological polar surface area (TPSA) is 53.1 Å². The van der Waals surface area contributed by atoms with Crippen LogP contribution >= 0.6 is 23.2 Å². The molecule has 1 heterocycles. The molecule has 2 N–H and O–H groups in total. The van der Waals surface area contributed by atoms with E-state index in [1.165, 1.54) is 6.08 Å². The van der Waals surface area contributed by atoms with E-state index in [9.17, 15) is 4.79 Å². The van der Waals surface area contributed by atoms with Crippen LogP contribution in [0.15, 0.2) is 24.3 Å². The molecular weight excluding hydrogens is 249 g/mol. The lowest BCUT2D eigenvalue weighted by Crippen LogP contribution is -1.85. The maximum Gasteiger partial charge on any atom is 0.328 e. The van der Waals surface area contributed by atoms with E-state index >= 15 is 0 Å². The number of carboxylic acids is 1. The second-order valence-electron chi connectivity index (χ2n) is 3.21. The monoisotopic (exact) mass is 255 g/mol. The van der Waals surface area contributed by atoms with Crippen LogP contribution in [0, 0.1) is 0 Å². The highest BCUT2D eigenvalue weighted by molar-refractivity contribution is 6.34. The van der Waals surface area contributed by atoms with Gasteiger partial charge in [-0.1, -0.05) is 29.3 Å². The van der Waals surface area contributed by atoms with E-state index in [0.29, 0.717) is 15.7 Å². The Morgan fingerprint density at radius 3 is 2.81 bits per heavy atom. The minimum absolute atomic E-state index is 0.398. The molecule has 16 heavy (non-hydrogen) atoms. The molecule has 0 unspecified atom stereocenters. The Morgan fingerprint density at radius 1 is 1.38 bits per heavy atom. The fourth-order valence-corrected chi connectivity index (χ4v) is 1.91. The number of H-pyrrole nitrogens is 1. The molecule has 0 atom stereocenters. The molecule has 82 valence electrons.